The Morgan fingerprint density at radius 1 is 0.298 bits per heavy atom. The van der Waals surface area contributed by atoms with Crippen LogP contribution in [-0.2, 0) is 9.53 Å². The summed E-state index contributed by atoms with van der Waals surface area (Å²) in [6, 6.07) is -0.765. The summed E-state index contributed by atoms with van der Waals surface area (Å²) in [5, 5.41) is 66.3. The third-order valence-electron chi connectivity index (χ3n) is 21.8. The standard InChI is InChI=1S/C85H169NO8/c1-3-5-7-9-11-13-15-17-18-19-20-21-22-23-24-25-26-27-28-29-30-31-32-33-34-35-36-37-38-39-40-41-42-43-44-45-46-47-48-49-50-51-52-53-54-55-56-57-58-59-60-61-63-65-67-69-71-73-81(89)86-77(74-75-79-83(91)85(93)84(92)80(76-87)94-79)82(90)78(88)72-70-68-66-64-62-16-14-12-10-8-6-4-2/h77-80,82-85,87-88,90-93H,3-76H2,1-2H3,(H,86,89)/t77-,78+,79+,80+,82-,83-,84-,85+/m0/s1. The second-order valence-corrected chi connectivity index (χ2v) is 30.9. The number of amides is 1. The van der Waals surface area contributed by atoms with Crippen LogP contribution in [0.15, 0.2) is 0 Å². The van der Waals surface area contributed by atoms with Crippen LogP contribution in [-0.4, -0.2) is 91.9 Å². The van der Waals surface area contributed by atoms with E-state index in [1.54, 1.807) is 0 Å². The van der Waals surface area contributed by atoms with E-state index in [2.05, 4.69) is 19.2 Å². The molecule has 9 heteroatoms. The van der Waals surface area contributed by atoms with Crippen molar-refractivity contribution in [2.75, 3.05) is 6.61 Å². The first-order valence-corrected chi connectivity index (χ1v) is 43.2. The van der Waals surface area contributed by atoms with E-state index in [1.807, 2.05) is 0 Å². The predicted molar refractivity (Wildman–Crippen MR) is 406 cm³/mol. The van der Waals surface area contributed by atoms with E-state index in [0.717, 1.165) is 38.5 Å². The fourth-order valence-corrected chi connectivity index (χ4v) is 15.1. The van der Waals surface area contributed by atoms with Crippen molar-refractivity contribution in [3.05, 3.63) is 0 Å². The van der Waals surface area contributed by atoms with Gasteiger partial charge in [-0.2, -0.15) is 0 Å². The summed E-state index contributed by atoms with van der Waals surface area (Å²) in [6.07, 6.45) is 88.0. The third kappa shape index (κ3) is 60.0. The summed E-state index contributed by atoms with van der Waals surface area (Å²) >= 11 is 0. The first-order chi connectivity index (χ1) is 46.3. The van der Waals surface area contributed by atoms with Gasteiger partial charge in [-0.15, -0.1) is 0 Å². The van der Waals surface area contributed by atoms with Crippen molar-refractivity contribution in [1.29, 1.82) is 0 Å². The van der Waals surface area contributed by atoms with Crippen LogP contribution in [0.5, 0.6) is 0 Å². The number of hydrogen-bond acceptors (Lipinski definition) is 8. The van der Waals surface area contributed by atoms with Crippen LogP contribution in [0.2, 0.25) is 0 Å². The Bertz CT molecular complexity index is 1470. The summed E-state index contributed by atoms with van der Waals surface area (Å²) in [4.78, 5) is 13.2. The van der Waals surface area contributed by atoms with Gasteiger partial charge >= 0.3 is 0 Å². The third-order valence-corrected chi connectivity index (χ3v) is 21.8. The largest absolute Gasteiger partial charge is 0.394 e. The normalized spacial score (nSPS) is 17.7. The highest BCUT2D eigenvalue weighted by Crippen LogP contribution is 2.27. The molecule has 0 aliphatic carbocycles. The lowest BCUT2D eigenvalue weighted by Gasteiger charge is -2.40. The molecular weight excluding hydrogens is 1160 g/mol. The number of aliphatic hydroxyl groups is 6. The highest BCUT2D eigenvalue weighted by Gasteiger charge is 2.43. The number of carbonyl (C=O) groups is 1. The Morgan fingerprint density at radius 3 is 0.745 bits per heavy atom. The number of aliphatic hydroxyl groups excluding tert-OH is 6. The fourth-order valence-electron chi connectivity index (χ4n) is 15.1. The molecule has 0 saturated carbocycles. The summed E-state index contributed by atoms with van der Waals surface area (Å²) in [5.41, 5.74) is 0. The SMILES string of the molecule is CCCCCCCCCCCCCCCCCCCCCCCCCCCCCCCCCCCCCCCCCCCCCCCCCCCCCCCCCCCC(=O)N[C@@H](CC[C@H]1O[C@H](CO)[C@H](O)[C@H](O)[C@H]1O)[C@H](O)[C@H](O)CCCCCCCCCCCCCC. The number of rotatable bonds is 78. The second kappa shape index (κ2) is 73.4. The smallest absolute Gasteiger partial charge is 0.220 e. The maximum atomic E-state index is 13.2. The number of nitrogens with one attached hydrogen (secondary N) is 1. The predicted octanol–water partition coefficient (Wildman–Crippen LogP) is 24.6. The molecule has 1 heterocycles. The molecule has 0 spiro atoms. The average Bonchev–Trinajstić information content (AvgIpc) is 0.833. The first kappa shape index (κ1) is 91.2. The van der Waals surface area contributed by atoms with Crippen LogP contribution >= 0.6 is 0 Å². The maximum Gasteiger partial charge on any atom is 0.220 e. The van der Waals surface area contributed by atoms with E-state index < -0.39 is 55.4 Å². The van der Waals surface area contributed by atoms with Crippen LogP contribution in [0, 0.1) is 0 Å². The molecule has 0 aromatic carbocycles. The van der Waals surface area contributed by atoms with Crippen molar-refractivity contribution in [1.82, 2.24) is 5.32 Å². The Balaban J connectivity index is 1.86. The second-order valence-electron chi connectivity index (χ2n) is 30.9. The molecule has 8 atom stereocenters. The maximum absolute atomic E-state index is 13.2. The lowest BCUT2D eigenvalue weighted by Crippen LogP contribution is -2.59. The van der Waals surface area contributed by atoms with Crippen LogP contribution in [0.3, 0.4) is 0 Å². The molecule has 0 aromatic rings. The molecule has 7 N–H and O–H groups in total. The summed E-state index contributed by atoms with van der Waals surface area (Å²) in [5.74, 6) is -0.168. The van der Waals surface area contributed by atoms with E-state index in [0.29, 0.717) is 12.8 Å². The zero-order valence-corrected chi connectivity index (χ0v) is 63.4. The minimum atomic E-state index is -1.48. The van der Waals surface area contributed by atoms with E-state index in [1.165, 1.54) is 405 Å². The van der Waals surface area contributed by atoms with Gasteiger partial charge in [0.25, 0.3) is 0 Å². The fraction of sp³-hybridized carbons (Fsp3) is 0.988. The minimum Gasteiger partial charge on any atom is -0.394 e. The number of hydrogen-bond donors (Lipinski definition) is 7. The Kier molecular flexibility index (Phi) is 71.2. The first-order valence-electron chi connectivity index (χ1n) is 43.2. The zero-order valence-electron chi connectivity index (χ0n) is 63.4. The van der Waals surface area contributed by atoms with Crippen LogP contribution in [0.4, 0.5) is 0 Å². The van der Waals surface area contributed by atoms with Crippen LogP contribution in [0.25, 0.3) is 0 Å². The molecule has 1 fully saturated rings. The van der Waals surface area contributed by atoms with Crippen molar-refractivity contribution in [2.24, 2.45) is 0 Å². The average molecular weight is 1330 g/mol. The van der Waals surface area contributed by atoms with Crippen LogP contribution < -0.4 is 5.32 Å². The molecule has 1 aliphatic rings. The van der Waals surface area contributed by atoms with Gasteiger partial charge in [-0.05, 0) is 25.7 Å². The molecule has 0 unspecified atom stereocenters. The van der Waals surface area contributed by atoms with Gasteiger partial charge in [0.2, 0.25) is 5.91 Å². The Hall–Kier alpha value is -0.810. The topological polar surface area (TPSA) is 160 Å². The van der Waals surface area contributed by atoms with Crippen molar-refractivity contribution in [2.45, 2.75) is 531 Å². The quantitative estimate of drug-likeness (QED) is 0.0297. The molecule has 562 valence electrons. The molecule has 0 bridgehead atoms. The van der Waals surface area contributed by atoms with Crippen LogP contribution in [0.1, 0.15) is 483 Å². The van der Waals surface area contributed by atoms with E-state index in [9.17, 15) is 35.4 Å². The lowest BCUT2D eigenvalue weighted by molar-refractivity contribution is -0.231. The summed E-state index contributed by atoms with van der Waals surface area (Å²) in [6.45, 7) is 4.05. The minimum absolute atomic E-state index is 0.161. The molecule has 1 rings (SSSR count). The molecule has 1 amide bonds. The van der Waals surface area contributed by atoms with Gasteiger partial charge in [0.15, 0.2) is 0 Å². The number of carbonyl (C=O) groups excluding carboxylic acids is 1. The zero-order chi connectivity index (χ0) is 67.9. The Morgan fingerprint density at radius 2 is 0.511 bits per heavy atom. The monoisotopic (exact) mass is 1330 g/mol. The van der Waals surface area contributed by atoms with E-state index in [4.69, 9.17) is 4.74 Å². The molecule has 0 aromatic heterocycles. The molecule has 1 aliphatic heterocycles. The van der Waals surface area contributed by atoms with Crippen molar-refractivity contribution >= 4 is 5.91 Å². The van der Waals surface area contributed by atoms with Gasteiger partial charge in [-0.3, -0.25) is 4.79 Å². The van der Waals surface area contributed by atoms with Gasteiger partial charge in [0, 0.05) is 6.42 Å². The van der Waals surface area contributed by atoms with Gasteiger partial charge in [0.1, 0.15) is 24.4 Å². The molecule has 0 radical (unpaired) electrons. The number of ether oxygens (including phenoxy) is 1. The highest BCUT2D eigenvalue weighted by molar-refractivity contribution is 5.76. The van der Waals surface area contributed by atoms with Crippen molar-refractivity contribution in [3.63, 3.8) is 0 Å². The van der Waals surface area contributed by atoms with Gasteiger partial charge in [-0.1, -0.05) is 450 Å². The Labute approximate surface area is 586 Å². The van der Waals surface area contributed by atoms with Gasteiger partial charge < -0.3 is 40.7 Å². The van der Waals surface area contributed by atoms with E-state index >= 15 is 0 Å². The van der Waals surface area contributed by atoms with Gasteiger partial charge in [0.05, 0.1) is 31.0 Å². The summed E-state index contributed by atoms with van der Waals surface area (Å²) < 4.78 is 5.72. The lowest BCUT2D eigenvalue weighted by atomic mass is 9.90. The molecular formula is C85H169NO8. The highest BCUT2D eigenvalue weighted by atomic mass is 16.5. The van der Waals surface area contributed by atoms with Crippen molar-refractivity contribution < 1.29 is 40.2 Å². The molecule has 94 heavy (non-hydrogen) atoms. The number of unbranched alkanes of at least 4 members (excludes halogenated alkanes) is 67. The van der Waals surface area contributed by atoms with Gasteiger partial charge in [-0.25, -0.2) is 0 Å². The summed E-state index contributed by atoms with van der Waals surface area (Å²) in [7, 11) is 0. The van der Waals surface area contributed by atoms with Crippen molar-refractivity contribution in [3.8, 4) is 0 Å². The molecule has 1 saturated heterocycles. The van der Waals surface area contributed by atoms with E-state index in [-0.39, 0.29) is 18.7 Å². The molecule has 9 nitrogen and oxygen atoms in total.